The average Bonchev–Trinajstić information content (AvgIpc) is 2.45. The van der Waals surface area contributed by atoms with Gasteiger partial charge in [-0.3, -0.25) is 9.78 Å². The molecule has 0 saturated carbocycles. The lowest BCUT2D eigenvalue weighted by molar-refractivity contribution is -0.139. The van der Waals surface area contributed by atoms with Crippen LogP contribution in [-0.2, 0) is 11.3 Å². The highest BCUT2D eigenvalue weighted by atomic mass is 16.4. The third-order valence-corrected chi connectivity index (χ3v) is 3.70. The highest BCUT2D eigenvalue weighted by Crippen LogP contribution is 2.22. The molecular weight excluding hydrogens is 276 g/mol. The molecule has 0 aliphatic heterocycles. The third-order valence-electron chi connectivity index (χ3n) is 3.70. The van der Waals surface area contributed by atoms with Gasteiger partial charge in [0.15, 0.2) is 0 Å². The van der Waals surface area contributed by atoms with Crippen molar-refractivity contribution in [3.8, 4) is 0 Å². The van der Waals surface area contributed by atoms with Gasteiger partial charge in [-0.25, -0.2) is 0 Å². The van der Waals surface area contributed by atoms with E-state index in [4.69, 9.17) is 0 Å². The smallest absolute Gasteiger partial charge is 0.320 e. The number of aliphatic carboxylic acids is 1. The van der Waals surface area contributed by atoms with Crippen LogP contribution in [0.4, 0.5) is 0 Å². The second kappa shape index (κ2) is 6.88. The van der Waals surface area contributed by atoms with Crippen LogP contribution >= 0.6 is 0 Å². The zero-order valence-electron chi connectivity index (χ0n) is 13.5. The van der Waals surface area contributed by atoms with E-state index in [9.17, 15) is 9.90 Å². The number of fused-ring (bicyclic) bond motifs is 1. The molecule has 1 heterocycles. The molecule has 4 heteroatoms. The summed E-state index contributed by atoms with van der Waals surface area (Å²) >= 11 is 0. The minimum Gasteiger partial charge on any atom is -0.480 e. The molecule has 0 saturated heterocycles. The van der Waals surface area contributed by atoms with E-state index < -0.39 is 12.0 Å². The van der Waals surface area contributed by atoms with E-state index in [1.807, 2.05) is 24.3 Å². The van der Waals surface area contributed by atoms with Gasteiger partial charge in [-0.15, -0.1) is 0 Å². The lowest BCUT2D eigenvalue weighted by atomic mass is 9.88. The van der Waals surface area contributed by atoms with Crippen molar-refractivity contribution in [2.24, 2.45) is 5.41 Å². The number of pyridine rings is 1. The number of nitrogens with zero attached hydrogens (tertiary/aromatic N) is 1. The van der Waals surface area contributed by atoms with Gasteiger partial charge in [-0.05, 0) is 42.0 Å². The van der Waals surface area contributed by atoms with Crippen LogP contribution in [0.25, 0.3) is 10.9 Å². The monoisotopic (exact) mass is 300 g/mol. The normalized spacial score (nSPS) is 13.2. The maximum Gasteiger partial charge on any atom is 0.320 e. The molecule has 1 unspecified atom stereocenters. The first-order valence-corrected chi connectivity index (χ1v) is 7.65. The molecule has 0 bridgehead atoms. The van der Waals surface area contributed by atoms with Crippen LogP contribution in [0.15, 0.2) is 36.5 Å². The largest absolute Gasteiger partial charge is 0.480 e. The maximum atomic E-state index is 11.4. The van der Waals surface area contributed by atoms with Gasteiger partial charge in [0.05, 0.1) is 5.52 Å². The summed E-state index contributed by atoms with van der Waals surface area (Å²) in [6, 6.07) is 9.42. The minimum atomic E-state index is -0.785. The fourth-order valence-corrected chi connectivity index (χ4v) is 2.37. The van der Waals surface area contributed by atoms with Crippen LogP contribution in [-0.4, -0.2) is 22.1 Å². The zero-order valence-corrected chi connectivity index (χ0v) is 13.5. The quantitative estimate of drug-likeness (QED) is 0.855. The van der Waals surface area contributed by atoms with E-state index in [0.717, 1.165) is 22.9 Å². The van der Waals surface area contributed by atoms with Gasteiger partial charge in [0.25, 0.3) is 0 Å². The molecule has 1 atom stereocenters. The Morgan fingerprint density at radius 1 is 1.32 bits per heavy atom. The van der Waals surface area contributed by atoms with Gasteiger partial charge in [0, 0.05) is 18.1 Å². The average molecular weight is 300 g/mol. The summed E-state index contributed by atoms with van der Waals surface area (Å²) in [6.45, 7) is 6.93. The van der Waals surface area contributed by atoms with Gasteiger partial charge in [-0.1, -0.05) is 32.9 Å². The summed E-state index contributed by atoms with van der Waals surface area (Å²) in [5, 5.41) is 13.6. The Balaban J connectivity index is 1.99. The Morgan fingerprint density at radius 2 is 2.09 bits per heavy atom. The fourth-order valence-electron chi connectivity index (χ4n) is 2.37. The molecule has 0 amide bonds. The van der Waals surface area contributed by atoms with Crippen LogP contribution in [0.2, 0.25) is 0 Å². The predicted molar refractivity (Wildman–Crippen MR) is 88.7 cm³/mol. The topological polar surface area (TPSA) is 62.2 Å². The number of hydrogen-bond donors (Lipinski definition) is 2. The Hall–Kier alpha value is -1.94. The van der Waals surface area contributed by atoms with Crippen molar-refractivity contribution < 1.29 is 9.90 Å². The predicted octanol–water partition coefficient (Wildman–Crippen LogP) is 3.60. The SMILES string of the molecule is CC(C)(C)CCC(NCc1ccc2ncccc2c1)C(=O)O. The summed E-state index contributed by atoms with van der Waals surface area (Å²) in [5.74, 6) is -0.785. The van der Waals surface area contributed by atoms with E-state index in [-0.39, 0.29) is 5.41 Å². The highest BCUT2D eigenvalue weighted by Gasteiger charge is 2.20. The van der Waals surface area contributed by atoms with Crippen LogP contribution in [0.3, 0.4) is 0 Å². The van der Waals surface area contributed by atoms with E-state index in [2.05, 4.69) is 37.1 Å². The van der Waals surface area contributed by atoms with Gasteiger partial charge in [-0.2, -0.15) is 0 Å². The second-order valence-corrected chi connectivity index (χ2v) is 6.90. The van der Waals surface area contributed by atoms with Crippen molar-refractivity contribution in [3.05, 3.63) is 42.1 Å². The minimum absolute atomic E-state index is 0.143. The Morgan fingerprint density at radius 3 is 2.77 bits per heavy atom. The number of carboxylic acids is 1. The van der Waals surface area contributed by atoms with Crippen LogP contribution in [0, 0.1) is 5.41 Å². The molecule has 118 valence electrons. The first-order chi connectivity index (χ1) is 10.3. The Bertz CT molecular complexity index is 647. The van der Waals surface area contributed by atoms with Crippen LogP contribution in [0.1, 0.15) is 39.2 Å². The Kier molecular flexibility index (Phi) is 5.14. The van der Waals surface area contributed by atoms with E-state index >= 15 is 0 Å². The van der Waals surface area contributed by atoms with Crippen molar-refractivity contribution in [2.45, 2.75) is 46.2 Å². The zero-order chi connectivity index (χ0) is 16.2. The summed E-state index contributed by atoms with van der Waals surface area (Å²) in [6.07, 6.45) is 3.28. The van der Waals surface area contributed by atoms with Crippen molar-refractivity contribution >= 4 is 16.9 Å². The van der Waals surface area contributed by atoms with Gasteiger partial charge >= 0.3 is 5.97 Å². The first-order valence-electron chi connectivity index (χ1n) is 7.65. The molecule has 2 N–H and O–H groups in total. The van der Waals surface area contributed by atoms with E-state index in [0.29, 0.717) is 13.0 Å². The summed E-state index contributed by atoms with van der Waals surface area (Å²) in [4.78, 5) is 15.7. The molecule has 0 aliphatic rings. The molecule has 2 aromatic rings. The number of nitrogens with one attached hydrogen (secondary N) is 1. The molecule has 2 rings (SSSR count). The molecule has 0 spiro atoms. The maximum absolute atomic E-state index is 11.4. The number of benzene rings is 1. The van der Waals surface area contributed by atoms with Crippen LogP contribution < -0.4 is 5.32 Å². The van der Waals surface area contributed by atoms with Crippen molar-refractivity contribution in [3.63, 3.8) is 0 Å². The highest BCUT2D eigenvalue weighted by molar-refractivity contribution is 5.79. The fraction of sp³-hybridized carbons (Fsp3) is 0.444. The molecule has 1 aromatic heterocycles. The Labute approximate surface area is 131 Å². The molecule has 4 nitrogen and oxygen atoms in total. The van der Waals surface area contributed by atoms with Gasteiger partial charge in [0.1, 0.15) is 6.04 Å². The first kappa shape index (κ1) is 16.4. The molecule has 0 fully saturated rings. The van der Waals surface area contributed by atoms with Crippen molar-refractivity contribution in [1.29, 1.82) is 0 Å². The molecule has 0 aliphatic carbocycles. The van der Waals surface area contributed by atoms with Crippen LogP contribution in [0.5, 0.6) is 0 Å². The van der Waals surface area contributed by atoms with Crippen molar-refractivity contribution in [2.75, 3.05) is 0 Å². The van der Waals surface area contributed by atoms with Crippen molar-refractivity contribution in [1.82, 2.24) is 10.3 Å². The lowest BCUT2D eigenvalue weighted by Gasteiger charge is -2.21. The number of carbonyl (C=O) groups is 1. The van der Waals surface area contributed by atoms with Gasteiger partial charge < -0.3 is 10.4 Å². The molecule has 1 aromatic carbocycles. The molecule has 0 radical (unpaired) electrons. The third kappa shape index (κ3) is 4.81. The van der Waals surface area contributed by atoms with E-state index in [1.54, 1.807) is 6.20 Å². The van der Waals surface area contributed by atoms with Gasteiger partial charge in [0.2, 0.25) is 0 Å². The second-order valence-electron chi connectivity index (χ2n) is 6.90. The summed E-state index contributed by atoms with van der Waals surface area (Å²) < 4.78 is 0. The molecule has 22 heavy (non-hydrogen) atoms. The number of aromatic nitrogens is 1. The summed E-state index contributed by atoms with van der Waals surface area (Å²) in [5.41, 5.74) is 2.17. The number of hydrogen-bond acceptors (Lipinski definition) is 3. The standard InChI is InChI=1S/C18H24N2O2/c1-18(2,3)9-8-16(17(21)22)20-12-13-6-7-15-14(11-13)5-4-10-19-15/h4-7,10-11,16,20H,8-9,12H2,1-3H3,(H,21,22). The summed E-state index contributed by atoms with van der Waals surface area (Å²) in [7, 11) is 0. The number of carboxylic acid groups (broad SMARTS) is 1. The number of rotatable bonds is 6. The molecular formula is C18H24N2O2. The van der Waals surface area contributed by atoms with E-state index in [1.165, 1.54) is 0 Å². The lowest BCUT2D eigenvalue weighted by Crippen LogP contribution is -2.37.